The molecule has 3 aromatic heterocycles. The monoisotopic (exact) mass is 242 g/mol. The summed E-state index contributed by atoms with van der Waals surface area (Å²) in [5, 5.41) is 8.18. The van der Waals surface area contributed by atoms with Gasteiger partial charge in [0.25, 0.3) is 0 Å². The Balaban J connectivity index is 2.20. The third kappa shape index (κ3) is 1.63. The molecule has 3 aromatic rings. The predicted octanol–water partition coefficient (Wildman–Crippen LogP) is 0.200. The minimum Gasteiger partial charge on any atom is -0.223 e. The second kappa shape index (κ2) is 4.32. The Morgan fingerprint density at radius 1 is 0.889 bits per heavy atom. The summed E-state index contributed by atoms with van der Waals surface area (Å²) < 4.78 is 3.22. The van der Waals surface area contributed by atoms with Crippen molar-refractivity contribution in [3.8, 4) is 11.6 Å². The SMILES string of the molecule is CCc1c(-n2cncn2)ncnc1-n1cncn1. The maximum Gasteiger partial charge on any atom is 0.163 e. The van der Waals surface area contributed by atoms with Gasteiger partial charge in [0.05, 0.1) is 0 Å². The summed E-state index contributed by atoms with van der Waals surface area (Å²) in [7, 11) is 0. The van der Waals surface area contributed by atoms with Crippen LogP contribution in [0, 0.1) is 0 Å². The molecule has 3 rings (SSSR count). The second-order valence-corrected chi connectivity index (χ2v) is 3.53. The Morgan fingerprint density at radius 2 is 1.44 bits per heavy atom. The summed E-state index contributed by atoms with van der Waals surface area (Å²) in [6.07, 6.45) is 8.38. The molecule has 0 saturated heterocycles. The smallest absolute Gasteiger partial charge is 0.163 e. The van der Waals surface area contributed by atoms with E-state index in [4.69, 9.17) is 0 Å². The van der Waals surface area contributed by atoms with Crippen LogP contribution in [0.2, 0.25) is 0 Å². The van der Waals surface area contributed by atoms with Crippen LogP contribution >= 0.6 is 0 Å². The van der Waals surface area contributed by atoms with Crippen molar-refractivity contribution in [1.29, 1.82) is 0 Å². The van der Waals surface area contributed by atoms with E-state index in [1.165, 1.54) is 19.0 Å². The molecule has 8 nitrogen and oxygen atoms in total. The quantitative estimate of drug-likeness (QED) is 0.652. The first kappa shape index (κ1) is 10.5. The van der Waals surface area contributed by atoms with Gasteiger partial charge in [-0.3, -0.25) is 0 Å². The van der Waals surface area contributed by atoms with E-state index in [-0.39, 0.29) is 0 Å². The highest BCUT2D eigenvalue weighted by molar-refractivity contribution is 5.43. The summed E-state index contributed by atoms with van der Waals surface area (Å²) in [4.78, 5) is 16.3. The third-order valence-electron chi connectivity index (χ3n) is 2.52. The lowest BCUT2D eigenvalue weighted by Crippen LogP contribution is -2.10. The van der Waals surface area contributed by atoms with Gasteiger partial charge in [0.1, 0.15) is 31.6 Å². The van der Waals surface area contributed by atoms with Crippen molar-refractivity contribution in [2.24, 2.45) is 0 Å². The average Bonchev–Trinajstić information content (AvgIpc) is 3.10. The molecular formula is C10H10N8. The topological polar surface area (TPSA) is 87.2 Å². The van der Waals surface area contributed by atoms with Crippen molar-refractivity contribution in [2.45, 2.75) is 13.3 Å². The Labute approximate surface area is 102 Å². The van der Waals surface area contributed by atoms with E-state index in [1.54, 1.807) is 22.0 Å². The van der Waals surface area contributed by atoms with Crippen LogP contribution in [0.1, 0.15) is 12.5 Å². The summed E-state index contributed by atoms with van der Waals surface area (Å²) >= 11 is 0. The minimum atomic E-state index is 0.704. The molecule has 0 unspecified atom stereocenters. The first-order valence-electron chi connectivity index (χ1n) is 5.44. The zero-order valence-electron chi connectivity index (χ0n) is 9.67. The van der Waals surface area contributed by atoms with E-state index in [2.05, 4.69) is 30.1 Å². The van der Waals surface area contributed by atoms with E-state index in [0.717, 1.165) is 12.0 Å². The highest BCUT2D eigenvalue weighted by atomic mass is 15.4. The number of hydrogen-bond acceptors (Lipinski definition) is 6. The molecule has 0 radical (unpaired) electrons. The summed E-state index contributed by atoms with van der Waals surface area (Å²) in [6, 6.07) is 0. The predicted molar refractivity (Wildman–Crippen MR) is 61.2 cm³/mol. The minimum absolute atomic E-state index is 0.704. The van der Waals surface area contributed by atoms with Gasteiger partial charge in [0, 0.05) is 5.56 Å². The lowest BCUT2D eigenvalue weighted by molar-refractivity contribution is 0.774. The van der Waals surface area contributed by atoms with Gasteiger partial charge in [-0.05, 0) is 6.42 Å². The fraction of sp³-hybridized carbons (Fsp3) is 0.200. The number of aromatic nitrogens is 8. The lowest BCUT2D eigenvalue weighted by Gasteiger charge is -2.10. The van der Waals surface area contributed by atoms with E-state index >= 15 is 0 Å². The van der Waals surface area contributed by atoms with Crippen LogP contribution in [0.5, 0.6) is 0 Å². The zero-order valence-corrected chi connectivity index (χ0v) is 9.67. The fourth-order valence-electron chi connectivity index (χ4n) is 1.74. The van der Waals surface area contributed by atoms with Gasteiger partial charge in [-0.2, -0.15) is 10.2 Å². The summed E-state index contributed by atoms with van der Waals surface area (Å²) in [5.41, 5.74) is 0.938. The molecule has 3 heterocycles. The van der Waals surface area contributed by atoms with Gasteiger partial charge in [-0.25, -0.2) is 29.3 Å². The first-order chi connectivity index (χ1) is 8.90. The molecule has 18 heavy (non-hydrogen) atoms. The first-order valence-corrected chi connectivity index (χ1v) is 5.44. The molecule has 0 saturated carbocycles. The molecule has 0 atom stereocenters. The van der Waals surface area contributed by atoms with Crippen molar-refractivity contribution >= 4 is 0 Å². The van der Waals surface area contributed by atoms with Crippen LogP contribution in [0.3, 0.4) is 0 Å². The molecule has 0 amide bonds. The largest absolute Gasteiger partial charge is 0.223 e. The highest BCUT2D eigenvalue weighted by Crippen LogP contribution is 2.16. The number of nitrogens with zero attached hydrogens (tertiary/aromatic N) is 8. The number of hydrogen-bond donors (Lipinski definition) is 0. The van der Waals surface area contributed by atoms with E-state index in [0.29, 0.717) is 11.6 Å². The van der Waals surface area contributed by atoms with Gasteiger partial charge in [0.2, 0.25) is 0 Å². The van der Waals surface area contributed by atoms with Gasteiger partial charge in [-0.15, -0.1) is 0 Å². The van der Waals surface area contributed by atoms with Gasteiger partial charge in [0.15, 0.2) is 11.6 Å². The lowest BCUT2D eigenvalue weighted by atomic mass is 10.2. The van der Waals surface area contributed by atoms with Crippen LogP contribution in [0.25, 0.3) is 11.6 Å². The standard InChI is InChI=1S/C10H10N8/c1-2-8-9(17-6-11-3-15-17)13-5-14-10(8)18-7-12-4-16-18/h3-7H,2H2,1H3. The Morgan fingerprint density at radius 3 is 1.83 bits per heavy atom. The molecule has 8 heteroatoms. The molecular weight excluding hydrogens is 232 g/mol. The van der Waals surface area contributed by atoms with Crippen LogP contribution in [-0.2, 0) is 6.42 Å². The second-order valence-electron chi connectivity index (χ2n) is 3.53. The highest BCUT2D eigenvalue weighted by Gasteiger charge is 2.13. The van der Waals surface area contributed by atoms with Crippen molar-refractivity contribution in [3.63, 3.8) is 0 Å². The fourth-order valence-corrected chi connectivity index (χ4v) is 1.74. The molecule has 0 aliphatic rings. The third-order valence-corrected chi connectivity index (χ3v) is 2.52. The van der Waals surface area contributed by atoms with Gasteiger partial charge in [-0.1, -0.05) is 6.92 Å². The zero-order chi connectivity index (χ0) is 12.4. The van der Waals surface area contributed by atoms with Crippen LogP contribution in [0.4, 0.5) is 0 Å². The Hall–Kier alpha value is -2.64. The average molecular weight is 242 g/mol. The van der Waals surface area contributed by atoms with E-state index in [1.807, 2.05) is 6.92 Å². The van der Waals surface area contributed by atoms with Gasteiger partial charge < -0.3 is 0 Å². The van der Waals surface area contributed by atoms with E-state index < -0.39 is 0 Å². The molecule has 0 bridgehead atoms. The summed E-state index contributed by atoms with van der Waals surface area (Å²) in [5.74, 6) is 1.41. The van der Waals surface area contributed by atoms with Crippen LogP contribution < -0.4 is 0 Å². The van der Waals surface area contributed by atoms with Crippen LogP contribution in [-0.4, -0.2) is 39.5 Å². The van der Waals surface area contributed by atoms with Crippen molar-refractivity contribution in [3.05, 3.63) is 37.2 Å². The Bertz CT molecular complexity index is 575. The normalized spacial score (nSPS) is 10.7. The van der Waals surface area contributed by atoms with Crippen molar-refractivity contribution in [2.75, 3.05) is 0 Å². The maximum atomic E-state index is 4.25. The van der Waals surface area contributed by atoms with E-state index in [9.17, 15) is 0 Å². The molecule has 0 N–H and O–H groups in total. The molecule has 0 spiro atoms. The van der Waals surface area contributed by atoms with Crippen molar-refractivity contribution in [1.82, 2.24) is 39.5 Å². The van der Waals surface area contributed by atoms with Gasteiger partial charge >= 0.3 is 0 Å². The maximum absolute atomic E-state index is 4.25. The van der Waals surface area contributed by atoms with Crippen LogP contribution in [0.15, 0.2) is 31.6 Å². The molecule has 0 fully saturated rings. The Kier molecular flexibility index (Phi) is 2.52. The number of rotatable bonds is 3. The molecule has 0 aromatic carbocycles. The molecule has 0 aliphatic carbocycles. The molecule has 90 valence electrons. The summed E-state index contributed by atoms with van der Waals surface area (Å²) in [6.45, 7) is 2.03. The van der Waals surface area contributed by atoms with Crippen molar-refractivity contribution < 1.29 is 0 Å². The molecule has 0 aliphatic heterocycles.